The van der Waals surface area contributed by atoms with Crippen molar-refractivity contribution in [3.8, 4) is 0 Å². The van der Waals surface area contributed by atoms with Crippen LogP contribution in [-0.2, 0) is 14.3 Å². The predicted octanol–water partition coefficient (Wildman–Crippen LogP) is 1.04. The molecular formula is C7H10O3. The molecule has 56 valence electrons. The molecule has 3 heteroatoms. The molecule has 0 N–H and O–H groups in total. The van der Waals surface area contributed by atoms with Crippen molar-refractivity contribution in [1.82, 2.24) is 0 Å². The monoisotopic (exact) mass is 142 g/mol. The van der Waals surface area contributed by atoms with Gasteiger partial charge in [-0.2, -0.15) is 0 Å². The van der Waals surface area contributed by atoms with Crippen LogP contribution < -0.4 is 0 Å². The van der Waals surface area contributed by atoms with Crippen molar-refractivity contribution in [3.05, 3.63) is 12.2 Å². The van der Waals surface area contributed by atoms with E-state index in [0.717, 1.165) is 0 Å². The average molecular weight is 142 g/mol. The lowest BCUT2D eigenvalue weighted by Gasteiger charge is -1.93. The van der Waals surface area contributed by atoms with E-state index in [0.29, 0.717) is 0 Å². The maximum atomic E-state index is 10.5. The second-order valence-electron chi connectivity index (χ2n) is 1.65. The van der Waals surface area contributed by atoms with Crippen molar-refractivity contribution in [1.29, 1.82) is 0 Å². The van der Waals surface area contributed by atoms with Gasteiger partial charge in [-0.3, -0.25) is 4.79 Å². The zero-order chi connectivity index (χ0) is 7.98. The molecule has 0 radical (unpaired) electrons. The summed E-state index contributed by atoms with van der Waals surface area (Å²) in [6.07, 6.45) is 2.95. The Morgan fingerprint density at radius 3 is 2.50 bits per heavy atom. The lowest BCUT2D eigenvalue weighted by molar-refractivity contribution is -0.155. The lowest BCUT2D eigenvalue weighted by Crippen LogP contribution is -2.07. The standard InChI is InChI=1S/C7H10O3/c1-3-5-7(9)10-6(8)4-2/h3,5H,4H2,1-2H3/b5-3+. The smallest absolute Gasteiger partial charge is 0.338 e. The summed E-state index contributed by atoms with van der Waals surface area (Å²) in [4.78, 5) is 20.9. The fourth-order valence-corrected chi connectivity index (χ4v) is 0.354. The molecule has 0 bridgehead atoms. The number of hydrogen-bond acceptors (Lipinski definition) is 3. The molecule has 0 aromatic carbocycles. The Kier molecular flexibility index (Phi) is 4.20. The second-order valence-corrected chi connectivity index (χ2v) is 1.65. The molecular weight excluding hydrogens is 132 g/mol. The van der Waals surface area contributed by atoms with Crippen molar-refractivity contribution in [2.24, 2.45) is 0 Å². The minimum absolute atomic E-state index is 0.225. The molecule has 0 aromatic heterocycles. The third-order valence-corrected chi connectivity index (χ3v) is 0.806. The summed E-state index contributed by atoms with van der Waals surface area (Å²) >= 11 is 0. The number of ether oxygens (including phenoxy) is 1. The van der Waals surface area contributed by atoms with Crippen molar-refractivity contribution in [2.45, 2.75) is 20.3 Å². The number of carbonyl (C=O) groups excluding carboxylic acids is 2. The summed E-state index contributed by atoms with van der Waals surface area (Å²) in [5.74, 6) is -1.10. The van der Waals surface area contributed by atoms with E-state index in [9.17, 15) is 9.59 Å². The van der Waals surface area contributed by atoms with Crippen LogP contribution in [0.3, 0.4) is 0 Å². The number of carbonyl (C=O) groups is 2. The van der Waals surface area contributed by atoms with E-state index < -0.39 is 11.9 Å². The van der Waals surface area contributed by atoms with Gasteiger partial charge in [0, 0.05) is 12.5 Å². The van der Waals surface area contributed by atoms with Crippen molar-refractivity contribution in [2.75, 3.05) is 0 Å². The molecule has 0 aromatic rings. The molecule has 0 aliphatic carbocycles. The molecule has 0 saturated heterocycles. The molecule has 0 atom stereocenters. The van der Waals surface area contributed by atoms with E-state index in [1.54, 1.807) is 13.8 Å². The number of hydrogen-bond donors (Lipinski definition) is 0. The van der Waals surface area contributed by atoms with E-state index in [4.69, 9.17) is 0 Å². The first-order valence-corrected chi connectivity index (χ1v) is 3.08. The van der Waals surface area contributed by atoms with Gasteiger partial charge in [-0.25, -0.2) is 4.79 Å². The van der Waals surface area contributed by atoms with Crippen LogP contribution in [0.2, 0.25) is 0 Å². The number of rotatable bonds is 2. The molecule has 0 unspecified atom stereocenters. The van der Waals surface area contributed by atoms with E-state index in [-0.39, 0.29) is 6.42 Å². The number of esters is 2. The maximum absolute atomic E-state index is 10.5. The van der Waals surface area contributed by atoms with Crippen molar-refractivity contribution < 1.29 is 14.3 Å². The van der Waals surface area contributed by atoms with Crippen LogP contribution in [0.4, 0.5) is 0 Å². The van der Waals surface area contributed by atoms with Gasteiger partial charge in [0.05, 0.1) is 0 Å². The van der Waals surface area contributed by atoms with E-state index in [2.05, 4.69) is 4.74 Å². The maximum Gasteiger partial charge on any atom is 0.338 e. The molecule has 0 aliphatic heterocycles. The third-order valence-electron chi connectivity index (χ3n) is 0.806. The van der Waals surface area contributed by atoms with Crippen molar-refractivity contribution in [3.63, 3.8) is 0 Å². The molecule has 0 saturated carbocycles. The molecule has 0 spiro atoms. The first-order chi connectivity index (χ1) is 4.70. The summed E-state index contributed by atoms with van der Waals surface area (Å²) < 4.78 is 4.28. The van der Waals surface area contributed by atoms with E-state index in [1.165, 1.54) is 12.2 Å². The van der Waals surface area contributed by atoms with Gasteiger partial charge in [-0.1, -0.05) is 13.0 Å². The van der Waals surface area contributed by atoms with Gasteiger partial charge in [0.15, 0.2) is 0 Å². The molecule has 10 heavy (non-hydrogen) atoms. The van der Waals surface area contributed by atoms with Crippen LogP contribution in [-0.4, -0.2) is 11.9 Å². The Bertz CT molecular complexity index is 158. The van der Waals surface area contributed by atoms with Gasteiger partial charge >= 0.3 is 11.9 Å². The predicted molar refractivity (Wildman–Crippen MR) is 36.2 cm³/mol. The van der Waals surface area contributed by atoms with Gasteiger partial charge in [0.2, 0.25) is 0 Å². The highest BCUT2D eigenvalue weighted by molar-refractivity contribution is 5.91. The topological polar surface area (TPSA) is 43.4 Å². The van der Waals surface area contributed by atoms with Crippen LogP contribution in [0.5, 0.6) is 0 Å². The second kappa shape index (κ2) is 4.73. The highest BCUT2D eigenvalue weighted by atomic mass is 16.6. The highest BCUT2D eigenvalue weighted by Gasteiger charge is 2.02. The fourth-order valence-electron chi connectivity index (χ4n) is 0.354. The van der Waals surface area contributed by atoms with Gasteiger partial charge in [-0.15, -0.1) is 0 Å². The quantitative estimate of drug-likeness (QED) is 0.328. The van der Waals surface area contributed by atoms with E-state index >= 15 is 0 Å². The molecule has 0 aliphatic rings. The molecule has 3 nitrogen and oxygen atoms in total. The summed E-state index contributed by atoms with van der Waals surface area (Å²) in [5, 5.41) is 0. The van der Waals surface area contributed by atoms with Gasteiger partial charge in [0.25, 0.3) is 0 Å². The molecule has 0 amide bonds. The van der Waals surface area contributed by atoms with Gasteiger partial charge in [-0.05, 0) is 6.92 Å². The lowest BCUT2D eigenvalue weighted by atomic mass is 10.5. The Morgan fingerprint density at radius 1 is 1.50 bits per heavy atom. The van der Waals surface area contributed by atoms with Crippen LogP contribution >= 0.6 is 0 Å². The van der Waals surface area contributed by atoms with Crippen LogP contribution in [0.25, 0.3) is 0 Å². The summed E-state index contributed by atoms with van der Waals surface area (Å²) in [5.41, 5.74) is 0. The van der Waals surface area contributed by atoms with Crippen LogP contribution in [0.15, 0.2) is 12.2 Å². The molecule has 0 heterocycles. The normalized spacial score (nSPS) is 9.80. The summed E-state index contributed by atoms with van der Waals surface area (Å²) in [7, 11) is 0. The largest absolute Gasteiger partial charge is 0.390 e. The average Bonchev–Trinajstić information content (AvgIpc) is 1.88. The van der Waals surface area contributed by atoms with Crippen LogP contribution in [0, 0.1) is 0 Å². The Hall–Kier alpha value is -1.12. The SMILES string of the molecule is C/C=C/C(=O)OC(=O)CC. The van der Waals surface area contributed by atoms with E-state index in [1.807, 2.05) is 0 Å². The Balaban J connectivity index is 3.68. The first-order valence-electron chi connectivity index (χ1n) is 3.08. The first kappa shape index (κ1) is 8.88. The minimum atomic E-state index is -0.602. The van der Waals surface area contributed by atoms with Gasteiger partial charge in [0.1, 0.15) is 0 Å². The van der Waals surface area contributed by atoms with Gasteiger partial charge < -0.3 is 4.74 Å². The summed E-state index contributed by atoms with van der Waals surface area (Å²) in [6, 6.07) is 0. The molecule has 0 fully saturated rings. The Labute approximate surface area is 59.7 Å². The van der Waals surface area contributed by atoms with Crippen molar-refractivity contribution >= 4 is 11.9 Å². The summed E-state index contributed by atoms with van der Waals surface area (Å²) in [6.45, 7) is 3.31. The zero-order valence-corrected chi connectivity index (χ0v) is 6.09. The fraction of sp³-hybridized carbons (Fsp3) is 0.429. The third kappa shape index (κ3) is 3.83. The Morgan fingerprint density at radius 2 is 2.10 bits per heavy atom. The zero-order valence-electron chi connectivity index (χ0n) is 6.09. The minimum Gasteiger partial charge on any atom is -0.390 e. The number of allylic oxidation sites excluding steroid dienone is 1. The highest BCUT2D eigenvalue weighted by Crippen LogP contribution is 1.86. The molecule has 0 rings (SSSR count). The van der Waals surface area contributed by atoms with Crippen LogP contribution in [0.1, 0.15) is 20.3 Å².